The average molecular weight is 475 g/mol. The van der Waals surface area contributed by atoms with Crippen molar-refractivity contribution in [2.45, 2.75) is 38.1 Å². The van der Waals surface area contributed by atoms with Crippen molar-refractivity contribution in [3.05, 3.63) is 47.5 Å². The Morgan fingerprint density at radius 3 is 2.70 bits per heavy atom. The highest BCUT2D eigenvalue weighted by Gasteiger charge is 2.24. The van der Waals surface area contributed by atoms with Crippen LogP contribution in [0.4, 0.5) is 5.69 Å². The molecule has 1 atom stereocenters. The van der Waals surface area contributed by atoms with E-state index in [0.717, 1.165) is 36.8 Å². The van der Waals surface area contributed by atoms with Gasteiger partial charge >= 0.3 is 0 Å². The van der Waals surface area contributed by atoms with Gasteiger partial charge in [0.15, 0.2) is 11.5 Å². The molecule has 178 valence electrons. The normalized spacial score (nSPS) is 17.1. The summed E-state index contributed by atoms with van der Waals surface area (Å²) in [6, 6.07) is 11.0. The van der Waals surface area contributed by atoms with E-state index in [1.54, 1.807) is 25.3 Å². The molecule has 0 unspecified atom stereocenters. The maximum absolute atomic E-state index is 12.7. The van der Waals surface area contributed by atoms with E-state index < -0.39 is 10.0 Å². The highest BCUT2D eigenvalue weighted by molar-refractivity contribution is 7.92. The number of rotatable bonds is 8. The zero-order chi connectivity index (χ0) is 23.4. The SMILES string of the molecule is COc1ccc2c(c1)CCC[C@H]2NC(=O)CCCN(c1ccc2c(c1)OCCO2)S(C)(=O)=O. The summed E-state index contributed by atoms with van der Waals surface area (Å²) < 4.78 is 42.6. The van der Waals surface area contributed by atoms with Gasteiger partial charge in [0.05, 0.1) is 25.1 Å². The molecule has 1 amide bonds. The lowest BCUT2D eigenvalue weighted by Crippen LogP contribution is -2.33. The van der Waals surface area contributed by atoms with Gasteiger partial charge < -0.3 is 19.5 Å². The number of sulfonamides is 1. The second-order valence-electron chi connectivity index (χ2n) is 8.34. The summed E-state index contributed by atoms with van der Waals surface area (Å²) in [5.74, 6) is 1.86. The highest BCUT2D eigenvalue weighted by atomic mass is 32.2. The van der Waals surface area contributed by atoms with Gasteiger partial charge in [0, 0.05) is 19.0 Å². The highest BCUT2D eigenvalue weighted by Crippen LogP contribution is 2.35. The zero-order valence-corrected chi connectivity index (χ0v) is 19.8. The molecule has 2 aromatic carbocycles. The monoisotopic (exact) mass is 474 g/mol. The van der Waals surface area contributed by atoms with Crippen LogP contribution in [0.15, 0.2) is 36.4 Å². The summed E-state index contributed by atoms with van der Waals surface area (Å²) in [7, 11) is -1.88. The van der Waals surface area contributed by atoms with Crippen molar-refractivity contribution < 1.29 is 27.4 Å². The first-order valence-electron chi connectivity index (χ1n) is 11.2. The van der Waals surface area contributed by atoms with Crippen LogP contribution in [0.5, 0.6) is 17.2 Å². The number of nitrogens with one attached hydrogen (secondary N) is 1. The van der Waals surface area contributed by atoms with Gasteiger partial charge in [0.2, 0.25) is 15.9 Å². The number of nitrogens with zero attached hydrogens (tertiary/aromatic N) is 1. The maximum Gasteiger partial charge on any atom is 0.232 e. The fourth-order valence-corrected chi connectivity index (χ4v) is 5.35. The van der Waals surface area contributed by atoms with E-state index >= 15 is 0 Å². The summed E-state index contributed by atoms with van der Waals surface area (Å²) in [5.41, 5.74) is 2.83. The molecule has 1 N–H and O–H groups in total. The van der Waals surface area contributed by atoms with Gasteiger partial charge in [0.25, 0.3) is 0 Å². The summed E-state index contributed by atoms with van der Waals surface area (Å²) in [6.07, 6.45) is 4.65. The van der Waals surface area contributed by atoms with E-state index in [-0.39, 0.29) is 24.9 Å². The number of hydrogen-bond donors (Lipinski definition) is 1. The molecule has 8 nitrogen and oxygen atoms in total. The van der Waals surface area contributed by atoms with Gasteiger partial charge in [0.1, 0.15) is 19.0 Å². The number of carbonyl (C=O) groups is 1. The van der Waals surface area contributed by atoms with Gasteiger partial charge in [-0.05, 0) is 61.1 Å². The second-order valence-corrected chi connectivity index (χ2v) is 10.3. The lowest BCUT2D eigenvalue weighted by molar-refractivity contribution is -0.122. The first-order chi connectivity index (χ1) is 15.8. The van der Waals surface area contributed by atoms with E-state index in [0.29, 0.717) is 36.8 Å². The van der Waals surface area contributed by atoms with Gasteiger partial charge in [-0.2, -0.15) is 0 Å². The summed E-state index contributed by atoms with van der Waals surface area (Å²) in [4.78, 5) is 12.7. The number of fused-ring (bicyclic) bond motifs is 2. The van der Waals surface area contributed by atoms with Crippen LogP contribution in [0, 0.1) is 0 Å². The van der Waals surface area contributed by atoms with Crippen LogP contribution in [0.25, 0.3) is 0 Å². The first-order valence-corrected chi connectivity index (χ1v) is 13.0. The van der Waals surface area contributed by atoms with E-state index in [1.807, 2.05) is 18.2 Å². The predicted molar refractivity (Wildman–Crippen MR) is 126 cm³/mol. The van der Waals surface area contributed by atoms with Crippen LogP contribution in [-0.2, 0) is 21.2 Å². The van der Waals surface area contributed by atoms with E-state index in [9.17, 15) is 13.2 Å². The topological polar surface area (TPSA) is 94.2 Å². The fourth-order valence-electron chi connectivity index (χ4n) is 4.39. The molecule has 0 spiro atoms. The standard InChI is InChI=1S/C24H30N2O6S/c1-30-19-9-10-20-17(15-19)5-3-6-21(20)25-24(27)7-4-12-26(33(2,28)29)18-8-11-22-23(16-18)32-14-13-31-22/h8-11,15-16,21H,3-7,12-14H2,1-2H3,(H,25,27)/t21-/m1/s1. The fraction of sp³-hybridized carbons (Fsp3) is 0.458. The van der Waals surface area contributed by atoms with Crippen molar-refractivity contribution in [2.24, 2.45) is 0 Å². The molecule has 0 bridgehead atoms. The van der Waals surface area contributed by atoms with E-state index in [2.05, 4.69) is 5.32 Å². The summed E-state index contributed by atoms with van der Waals surface area (Å²) in [5, 5.41) is 3.12. The Balaban J connectivity index is 1.37. The van der Waals surface area contributed by atoms with E-state index in [4.69, 9.17) is 14.2 Å². The maximum atomic E-state index is 12.7. The van der Waals surface area contributed by atoms with E-state index in [1.165, 1.54) is 9.87 Å². The number of hydrogen-bond acceptors (Lipinski definition) is 6. The molecule has 0 radical (unpaired) electrons. The van der Waals surface area contributed by atoms with Crippen molar-refractivity contribution in [1.82, 2.24) is 5.32 Å². The van der Waals surface area contributed by atoms with Crippen molar-refractivity contribution in [1.29, 1.82) is 0 Å². The molecular weight excluding hydrogens is 444 g/mol. The van der Waals surface area contributed by atoms with Crippen molar-refractivity contribution in [3.63, 3.8) is 0 Å². The third-order valence-corrected chi connectivity index (χ3v) is 7.17. The molecule has 1 heterocycles. The number of aryl methyl sites for hydroxylation is 1. The molecule has 2 aliphatic rings. The lowest BCUT2D eigenvalue weighted by atomic mass is 9.87. The quantitative estimate of drug-likeness (QED) is 0.632. The van der Waals surface area contributed by atoms with Crippen LogP contribution in [0.1, 0.15) is 42.9 Å². The predicted octanol–water partition coefficient (Wildman–Crippen LogP) is 3.21. The van der Waals surface area contributed by atoms with Crippen molar-refractivity contribution in [3.8, 4) is 17.2 Å². The van der Waals surface area contributed by atoms with Crippen LogP contribution in [-0.4, -0.2) is 47.4 Å². The third-order valence-electron chi connectivity index (χ3n) is 5.98. The Labute approximate surface area is 194 Å². The minimum Gasteiger partial charge on any atom is -0.497 e. The molecule has 1 aliphatic heterocycles. The smallest absolute Gasteiger partial charge is 0.232 e. The molecule has 2 aromatic rings. The van der Waals surface area contributed by atoms with Gasteiger partial charge in [-0.3, -0.25) is 9.10 Å². The molecule has 0 saturated carbocycles. The lowest BCUT2D eigenvalue weighted by Gasteiger charge is -2.27. The van der Waals surface area contributed by atoms with Crippen LogP contribution < -0.4 is 23.8 Å². The van der Waals surface area contributed by atoms with Crippen LogP contribution in [0.2, 0.25) is 0 Å². The van der Waals surface area contributed by atoms with Crippen molar-refractivity contribution >= 4 is 21.6 Å². The largest absolute Gasteiger partial charge is 0.497 e. The molecule has 4 rings (SSSR count). The Bertz CT molecular complexity index is 1120. The van der Waals surface area contributed by atoms with Gasteiger partial charge in [-0.1, -0.05) is 6.07 Å². The number of ether oxygens (including phenoxy) is 3. The Kier molecular flexibility index (Phi) is 6.97. The van der Waals surface area contributed by atoms with Crippen LogP contribution in [0.3, 0.4) is 0 Å². The molecule has 0 fully saturated rings. The summed E-state index contributed by atoms with van der Waals surface area (Å²) in [6.45, 7) is 1.09. The van der Waals surface area contributed by atoms with Gasteiger partial charge in [-0.25, -0.2) is 8.42 Å². The Hall–Kier alpha value is -2.94. The minimum absolute atomic E-state index is 0.0315. The molecule has 1 aliphatic carbocycles. The number of methoxy groups -OCH3 is 1. The zero-order valence-electron chi connectivity index (χ0n) is 19.0. The molecule has 0 aromatic heterocycles. The number of carbonyl (C=O) groups excluding carboxylic acids is 1. The summed E-state index contributed by atoms with van der Waals surface area (Å²) >= 11 is 0. The molecule has 9 heteroatoms. The average Bonchev–Trinajstić information content (AvgIpc) is 2.80. The second kappa shape index (κ2) is 9.91. The Morgan fingerprint density at radius 1 is 1.15 bits per heavy atom. The number of anilines is 1. The number of benzene rings is 2. The first kappa shape index (κ1) is 23.2. The van der Waals surface area contributed by atoms with Crippen molar-refractivity contribution in [2.75, 3.05) is 37.4 Å². The molecular formula is C24H30N2O6S. The Morgan fingerprint density at radius 2 is 1.94 bits per heavy atom. The van der Waals surface area contributed by atoms with Crippen LogP contribution >= 0.6 is 0 Å². The minimum atomic E-state index is -3.52. The number of amides is 1. The third kappa shape index (κ3) is 5.52. The van der Waals surface area contributed by atoms with Gasteiger partial charge in [-0.15, -0.1) is 0 Å². The molecule has 0 saturated heterocycles. The molecule has 33 heavy (non-hydrogen) atoms.